The summed E-state index contributed by atoms with van der Waals surface area (Å²) in [6.07, 6.45) is 0. The van der Waals surface area contributed by atoms with E-state index >= 15 is 0 Å². The Kier molecular flexibility index (Phi) is 5.25. The SMILES string of the molecule is Cc1ccc([B-](F)(F)F)c(C)c1.[K+]. The molecule has 0 amide bonds. The molecule has 0 spiro atoms. The maximum atomic E-state index is 12.2. The van der Waals surface area contributed by atoms with Crippen molar-refractivity contribution in [3.63, 3.8) is 0 Å². The molecular formula is C8H9BF3K. The molecule has 1 rings (SSSR count). The number of benzene rings is 1. The molecular weight excluding hydrogens is 203 g/mol. The van der Waals surface area contributed by atoms with E-state index in [1.165, 1.54) is 13.0 Å². The standard InChI is InChI=1S/C8H9BF3.K/c1-6-3-4-8(7(2)5-6)9(10,11)12;/h3-5H,1-2H3;/q-1;+1. The first-order valence-corrected chi connectivity index (χ1v) is 3.68. The Bertz CT molecular complexity index is 296. The van der Waals surface area contributed by atoms with Gasteiger partial charge in [0.15, 0.2) is 0 Å². The van der Waals surface area contributed by atoms with Gasteiger partial charge < -0.3 is 12.9 Å². The summed E-state index contributed by atoms with van der Waals surface area (Å²) < 4.78 is 36.7. The molecule has 0 radical (unpaired) electrons. The summed E-state index contributed by atoms with van der Waals surface area (Å²) in [5.41, 5.74) is 0.680. The fraction of sp³-hybridized carbons (Fsp3) is 0.250. The zero-order valence-electron chi connectivity index (χ0n) is 7.94. The van der Waals surface area contributed by atoms with Crippen molar-refractivity contribution < 1.29 is 64.3 Å². The van der Waals surface area contributed by atoms with Gasteiger partial charge in [0.2, 0.25) is 0 Å². The minimum absolute atomic E-state index is 0. The first-order valence-electron chi connectivity index (χ1n) is 3.68. The molecule has 0 aliphatic heterocycles. The van der Waals surface area contributed by atoms with Gasteiger partial charge in [0.1, 0.15) is 0 Å². The largest absolute Gasteiger partial charge is 1.00 e. The Hall–Kier alpha value is 0.711. The van der Waals surface area contributed by atoms with Gasteiger partial charge in [-0.1, -0.05) is 29.3 Å². The number of hydrogen-bond donors (Lipinski definition) is 0. The van der Waals surface area contributed by atoms with Crippen molar-refractivity contribution in [3.8, 4) is 0 Å². The quantitative estimate of drug-likeness (QED) is 0.543. The smallest absolute Gasteiger partial charge is 0.445 e. The molecule has 0 nitrogen and oxygen atoms in total. The van der Waals surface area contributed by atoms with E-state index in [0.717, 1.165) is 11.6 Å². The number of rotatable bonds is 1. The van der Waals surface area contributed by atoms with Crippen molar-refractivity contribution in [1.29, 1.82) is 0 Å². The fourth-order valence-corrected chi connectivity index (χ4v) is 1.19. The average molecular weight is 212 g/mol. The molecule has 5 heteroatoms. The molecule has 0 aliphatic carbocycles. The molecule has 13 heavy (non-hydrogen) atoms. The Balaban J connectivity index is 0.00000144. The van der Waals surface area contributed by atoms with Crippen LogP contribution in [0.2, 0.25) is 0 Å². The molecule has 0 saturated heterocycles. The van der Waals surface area contributed by atoms with Gasteiger partial charge in [0.25, 0.3) is 0 Å². The van der Waals surface area contributed by atoms with Crippen LogP contribution in [0.1, 0.15) is 11.1 Å². The van der Waals surface area contributed by atoms with Gasteiger partial charge in [-0.3, -0.25) is 0 Å². The van der Waals surface area contributed by atoms with Crippen LogP contribution in [0.4, 0.5) is 12.9 Å². The Morgan fingerprint density at radius 1 is 1.08 bits per heavy atom. The topological polar surface area (TPSA) is 0 Å². The maximum absolute atomic E-state index is 12.2. The monoisotopic (exact) mass is 212 g/mol. The molecule has 0 unspecified atom stereocenters. The maximum Gasteiger partial charge on any atom is 1.00 e. The molecule has 1 aromatic rings. The van der Waals surface area contributed by atoms with Crippen molar-refractivity contribution in [2.45, 2.75) is 13.8 Å². The van der Waals surface area contributed by atoms with Crippen LogP contribution in [0.5, 0.6) is 0 Å². The van der Waals surface area contributed by atoms with E-state index in [2.05, 4.69) is 0 Å². The first-order chi connectivity index (χ1) is 5.41. The van der Waals surface area contributed by atoms with Crippen LogP contribution >= 0.6 is 0 Å². The first kappa shape index (κ1) is 13.7. The predicted octanol–water partition coefficient (Wildman–Crippen LogP) is -0.638. The normalized spacial score (nSPS) is 10.8. The van der Waals surface area contributed by atoms with Crippen LogP contribution in [-0.2, 0) is 0 Å². The number of aryl methyl sites for hydroxylation is 2. The van der Waals surface area contributed by atoms with Crippen molar-refractivity contribution in [3.05, 3.63) is 29.3 Å². The van der Waals surface area contributed by atoms with E-state index in [1.54, 1.807) is 13.0 Å². The minimum atomic E-state index is -4.84. The zero-order chi connectivity index (χ0) is 9.35. The Morgan fingerprint density at radius 2 is 1.62 bits per heavy atom. The third-order valence-electron chi connectivity index (χ3n) is 1.78. The summed E-state index contributed by atoms with van der Waals surface area (Å²) in [5.74, 6) is 0. The van der Waals surface area contributed by atoms with Crippen molar-refractivity contribution in [2.75, 3.05) is 0 Å². The van der Waals surface area contributed by atoms with Gasteiger partial charge in [-0.05, 0) is 13.8 Å². The van der Waals surface area contributed by atoms with Crippen LogP contribution in [0.25, 0.3) is 0 Å². The van der Waals surface area contributed by atoms with Gasteiger partial charge in [-0.25, -0.2) is 0 Å². The van der Waals surface area contributed by atoms with E-state index in [1.807, 2.05) is 0 Å². The molecule has 0 atom stereocenters. The van der Waals surface area contributed by atoms with E-state index in [9.17, 15) is 12.9 Å². The summed E-state index contributed by atoms with van der Waals surface area (Å²) in [4.78, 5) is 0. The van der Waals surface area contributed by atoms with Crippen LogP contribution in [0, 0.1) is 13.8 Å². The fourth-order valence-electron chi connectivity index (χ4n) is 1.19. The molecule has 0 aliphatic rings. The molecule has 0 saturated carbocycles. The number of hydrogen-bond acceptors (Lipinski definition) is 0. The minimum Gasteiger partial charge on any atom is -0.445 e. The van der Waals surface area contributed by atoms with Crippen molar-refractivity contribution in [2.24, 2.45) is 0 Å². The van der Waals surface area contributed by atoms with E-state index in [-0.39, 0.29) is 51.4 Å². The van der Waals surface area contributed by atoms with Crippen LogP contribution < -0.4 is 56.8 Å². The predicted molar refractivity (Wildman–Crippen MR) is 44.6 cm³/mol. The van der Waals surface area contributed by atoms with E-state index in [0.29, 0.717) is 5.56 Å². The zero-order valence-corrected chi connectivity index (χ0v) is 11.1. The Morgan fingerprint density at radius 3 is 2.00 bits per heavy atom. The summed E-state index contributed by atoms with van der Waals surface area (Å²) in [6.45, 7) is -1.58. The van der Waals surface area contributed by atoms with Gasteiger partial charge >= 0.3 is 58.4 Å². The van der Waals surface area contributed by atoms with Crippen molar-refractivity contribution >= 4 is 12.4 Å². The van der Waals surface area contributed by atoms with Gasteiger partial charge in [-0.2, -0.15) is 0 Å². The summed E-state index contributed by atoms with van der Waals surface area (Å²) in [6, 6.07) is 4.17. The molecule has 0 aromatic heterocycles. The van der Waals surface area contributed by atoms with Crippen LogP contribution in [0.15, 0.2) is 18.2 Å². The Labute approximate surface area is 118 Å². The molecule has 0 fully saturated rings. The molecule has 1 aromatic carbocycles. The summed E-state index contributed by atoms with van der Waals surface area (Å²) in [5, 5.41) is 0. The van der Waals surface area contributed by atoms with Gasteiger partial charge in [0, 0.05) is 0 Å². The average Bonchev–Trinajstić information content (AvgIpc) is 1.83. The van der Waals surface area contributed by atoms with Crippen LogP contribution in [-0.4, -0.2) is 6.98 Å². The third kappa shape index (κ3) is 3.75. The number of halogens is 3. The van der Waals surface area contributed by atoms with E-state index in [4.69, 9.17) is 0 Å². The third-order valence-corrected chi connectivity index (χ3v) is 1.78. The van der Waals surface area contributed by atoms with Crippen molar-refractivity contribution in [1.82, 2.24) is 0 Å². The molecule has 66 valence electrons. The molecule has 0 N–H and O–H groups in total. The van der Waals surface area contributed by atoms with Gasteiger partial charge in [-0.15, -0.1) is 5.46 Å². The van der Waals surface area contributed by atoms with E-state index < -0.39 is 12.4 Å². The second-order valence-corrected chi connectivity index (χ2v) is 2.93. The van der Waals surface area contributed by atoms with Crippen LogP contribution in [0.3, 0.4) is 0 Å². The molecule has 0 bridgehead atoms. The van der Waals surface area contributed by atoms with Gasteiger partial charge in [0.05, 0.1) is 0 Å². The molecule has 0 heterocycles. The second kappa shape index (κ2) is 4.98. The summed E-state index contributed by atoms with van der Waals surface area (Å²) >= 11 is 0. The summed E-state index contributed by atoms with van der Waals surface area (Å²) in [7, 11) is 0. The second-order valence-electron chi connectivity index (χ2n) is 2.93.